The Morgan fingerprint density at radius 1 is 1.11 bits per heavy atom. The van der Waals surface area contributed by atoms with Crippen molar-refractivity contribution >= 4 is 27.1 Å². The van der Waals surface area contributed by atoms with Gasteiger partial charge < -0.3 is 13.7 Å². The average Bonchev–Trinajstić information content (AvgIpc) is 3.26. The van der Waals surface area contributed by atoms with Gasteiger partial charge >= 0.3 is 11.8 Å². The third-order valence-electron chi connectivity index (χ3n) is 4.67. The zero-order chi connectivity index (χ0) is 19.2. The zero-order valence-corrected chi connectivity index (χ0v) is 15.8. The molecule has 1 aliphatic heterocycles. The molecule has 27 heavy (non-hydrogen) atoms. The van der Waals surface area contributed by atoms with Crippen molar-refractivity contribution in [2.75, 3.05) is 31.1 Å². The van der Waals surface area contributed by atoms with Crippen molar-refractivity contribution in [3.05, 3.63) is 34.6 Å². The number of aryl methyl sites for hydroxylation is 2. The zero-order valence-electron chi connectivity index (χ0n) is 15.0. The van der Waals surface area contributed by atoms with Crippen molar-refractivity contribution in [3.8, 4) is 0 Å². The predicted octanol–water partition coefficient (Wildman–Crippen LogP) is 0.588. The number of benzene rings is 1. The van der Waals surface area contributed by atoms with Gasteiger partial charge in [-0.2, -0.15) is 4.31 Å². The van der Waals surface area contributed by atoms with Gasteiger partial charge in [-0.1, -0.05) is 12.0 Å². The molecule has 0 unspecified atom stereocenters. The van der Waals surface area contributed by atoms with E-state index in [1.165, 1.54) is 21.0 Å². The number of sulfonamides is 1. The molecule has 1 aliphatic rings. The highest BCUT2D eigenvalue weighted by Crippen LogP contribution is 2.23. The van der Waals surface area contributed by atoms with E-state index in [-0.39, 0.29) is 10.5 Å². The summed E-state index contributed by atoms with van der Waals surface area (Å²) in [4.78, 5) is 13.6. The molecule has 144 valence electrons. The van der Waals surface area contributed by atoms with E-state index in [2.05, 4.69) is 10.2 Å². The minimum atomic E-state index is -3.69. The molecule has 1 fully saturated rings. The SMILES string of the molecule is CCc1nnc(N2CCN(S(=O)(=O)c3ccc4c(c3)oc(=O)n4C)CC2)o1. The molecule has 10 nitrogen and oxygen atoms in total. The lowest BCUT2D eigenvalue weighted by Crippen LogP contribution is -2.48. The van der Waals surface area contributed by atoms with Gasteiger partial charge in [-0.15, -0.1) is 5.10 Å². The summed E-state index contributed by atoms with van der Waals surface area (Å²) < 4.78 is 39.3. The lowest BCUT2D eigenvalue weighted by molar-refractivity contribution is 0.369. The Balaban J connectivity index is 1.54. The van der Waals surface area contributed by atoms with Crippen LogP contribution >= 0.6 is 0 Å². The van der Waals surface area contributed by atoms with Crippen molar-refractivity contribution in [3.63, 3.8) is 0 Å². The van der Waals surface area contributed by atoms with Crippen molar-refractivity contribution in [2.24, 2.45) is 7.05 Å². The summed E-state index contributed by atoms with van der Waals surface area (Å²) in [6, 6.07) is 4.87. The highest BCUT2D eigenvalue weighted by molar-refractivity contribution is 7.89. The summed E-state index contributed by atoms with van der Waals surface area (Å²) in [6.45, 7) is 3.42. The van der Waals surface area contributed by atoms with Crippen LogP contribution in [0.2, 0.25) is 0 Å². The topological polar surface area (TPSA) is 115 Å². The summed E-state index contributed by atoms with van der Waals surface area (Å²) in [6.07, 6.45) is 0.652. The minimum Gasteiger partial charge on any atom is -0.408 e. The molecule has 1 saturated heterocycles. The van der Waals surface area contributed by atoms with Gasteiger partial charge in [-0.3, -0.25) is 4.57 Å². The number of hydrogen-bond donors (Lipinski definition) is 0. The minimum absolute atomic E-state index is 0.101. The molecule has 0 atom stereocenters. The van der Waals surface area contributed by atoms with Crippen LogP contribution in [0.15, 0.2) is 36.7 Å². The molecule has 0 aliphatic carbocycles. The van der Waals surface area contributed by atoms with Crippen LogP contribution in [-0.4, -0.2) is 53.7 Å². The highest BCUT2D eigenvalue weighted by Gasteiger charge is 2.30. The normalized spacial score (nSPS) is 16.3. The van der Waals surface area contributed by atoms with E-state index >= 15 is 0 Å². The largest absolute Gasteiger partial charge is 0.419 e. The van der Waals surface area contributed by atoms with Crippen molar-refractivity contribution < 1.29 is 17.3 Å². The number of oxazole rings is 1. The quantitative estimate of drug-likeness (QED) is 0.632. The van der Waals surface area contributed by atoms with Gasteiger partial charge in [0.05, 0.1) is 10.4 Å². The van der Waals surface area contributed by atoms with E-state index in [0.717, 1.165) is 0 Å². The second-order valence-electron chi connectivity index (χ2n) is 6.28. The Hall–Kier alpha value is -2.66. The maximum atomic E-state index is 12.9. The molecule has 0 radical (unpaired) electrons. The number of rotatable bonds is 4. The fraction of sp³-hybridized carbons (Fsp3) is 0.438. The number of hydrogen-bond acceptors (Lipinski definition) is 8. The molecular formula is C16H19N5O5S. The van der Waals surface area contributed by atoms with Gasteiger partial charge in [-0.25, -0.2) is 13.2 Å². The monoisotopic (exact) mass is 393 g/mol. The van der Waals surface area contributed by atoms with Crippen LogP contribution in [0, 0.1) is 0 Å². The standard InChI is InChI=1S/C16H19N5O5S/c1-3-14-17-18-15(26-14)20-6-8-21(9-7-20)27(23,24)11-4-5-12-13(10-11)25-16(22)19(12)2/h4-5,10H,3,6-9H2,1-2H3. The van der Waals surface area contributed by atoms with E-state index in [0.29, 0.717) is 50.0 Å². The Morgan fingerprint density at radius 3 is 2.52 bits per heavy atom. The Bertz CT molecular complexity index is 1140. The second-order valence-corrected chi connectivity index (χ2v) is 8.22. The van der Waals surface area contributed by atoms with Gasteiger partial charge in [-0.05, 0) is 12.1 Å². The lowest BCUT2D eigenvalue weighted by Gasteiger charge is -2.32. The van der Waals surface area contributed by atoms with Crippen LogP contribution in [0.3, 0.4) is 0 Å². The van der Waals surface area contributed by atoms with Crippen molar-refractivity contribution in [1.82, 2.24) is 19.1 Å². The maximum Gasteiger partial charge on any atom is 0.419 e. The van der Waals surface area contributed by atoms with Crippen LogP contribution in [0.4, 0.5) is 6.01 Å². The third-order valence-corrected chi connectivity index (χ3v) is 6.56. The van der Waals surface area contributed by atoms with Crippen LogP contribution in [0.25, 0.3) is 11.1 Å². The summed E-state index contributed by atoms with van der Waals surface area (Å²) >= 11 is 0. The maximum absolute atomic E-state index is 12.9. The molecule has 0 bridgehead atoms. The molecule has 1 aromatic carbocycles. The molecule has 0 saturated carbocycles. The van der Waals surface area contributed by atoms with Crippen LogP contribution in [-0.2, 0) is 23.5 Å². The van der Waals surface area contributed by atoms with Crippen molar-refractivity contribution in [2.45, 2.75) is 18.2 Å². The molecule has 3 heterocycles. The number of piperazine rings is 1. The summed E-state index contributed by atoms with van der Waals surface area (Å²) in [7, 11) is -2.12. The molecule has 4 rings (SSSR count). The molecule has 11 heteroatoms. The number of anilines is 1. The van der Waals surface area contributed by atoms with E-state index in [1.807, 2.05) is 11.8 Å². The van der Waals surface area contributed by atoms with E-state index in [4.69, 9.17) is 8.83 Å². The molecule has 0 amide bonds. The highest BCUT2D eigenvalue weighted by atomic mass is 32.2. The third kappa shape index (κ3) is 3.02. The average molecular weight is 393 g/mol. The van der Waals surface area contributed by atoms with Gasteiger partial charge in [0, 0.05) is 45.7 Å². The van der Waals surface area contributed by atoms with Gasteiger partial charge in [0.2, 0.25) is 15.9 Å². The van der Waals surface area contributed by atoms with Crippen LogP contribution in [0.5, 0.6) is 0 Å². The first kappa shape index (κ1) is 17.7. The van der Waals surface area contributed by atoms with E-state index in [1.54, 1.807) is 13.1 Å². The fourth-order valence-electron chi connectivity index (χ4n) is 3.06. The lowest BCUT2D eigenvalue weighted by atomic mass is 10.3. The Morgan fingerprint density at radius 2 is 1.85 bits per heavy atom. The fourth-order valence-corrected chi connectivity index (χ4v) is 4.50. The van der Waals surface area contributed by atoms with E-state index in [9.17, 15) is 13.2 Å². The Labute approximate surface area is 155 Å². The van der Waals surface area contributed by atoms with Crippen molar-refractivity contribution in [1.29, 1.82) is 0 Å². The van der Waals surface area contributed by atoms with Crippen LogP contribution < -0.4 is 10.7 Å². The molecule has 0 N–H and O–H groups in total. The van der Waals surface area contributed by atoms with Crippen LogP contribution in [0.1, 0.15) is 12.8 Å². The molecule has 3 aromatic rings. The smallest absolute Gasteiger partial charge is 0.408 e. The van der Waals surface area contributed by atoms with Gasteiger partial charge in [0.15, 0.2) is 5.58 Å². The first-order chi connectivity index (χ1) is 12.9. The molecule has 2 aromatic heterocycles. The summed E-state index contributed by atoms with van der Waals surface area (Å²) in [5.41, 5.74) is 0.798. The molecule has 0 spiro atoms. The first-order valence-electron chi connectivity index (χ1n) is 8.57. The predicted molar refractivity (Wildman–Crippen MR) is 96.1 cm³/mol. The Kier molecular flexibility index (Phi) is 4.27. The van der Waals surface area contributed by atoms with Gasteiger partial charge in [0.25, 0.3) is 0 Å². The number of fused-ring (bicyclic) bond motifs is 1. The van der Waals surface area contributed by atoms with Gasteiger partial charge in [0.1, 0.15) is 0 Å². The number of nitrogens with zero attached hydrogens (tertiary/aromatic N) is 5. The summed E-state index contributed by atoms with van der Waals surface area (Å²) in [5, 5.41) is 7.93. The first-order valence-corrected chi connectivity index (χ1v) is 10.0. The number of aromatic nitrogens is 3. The molecular weight excluding hydrogens is 374 g/mol. The second kappa shape index (κ2) is 6.50. The van der Waals surface area contributed by atoms with E-state index < -0.39 is 15.8 Å². The summed E-state index contributed by atoms with van der Waals surface area (Å²) in [5.74, 6) is 0.0249.